The summed E-state index contributed by atoms with van der Waals surface area (Å²) in [5, 5.41) is 0. The van der Waals surface area contributed by atoms with Crippen LogP contribution in [-0.4, -0.2) is 30.4 Å². The van der Waals surface area contributed by atoms with E-state index in [0.29, 0.717) is 6.42 Å². The number of carbonyl (C=O) groups excluding carboxylic acids is 1. The van der Waals surface area contributed by atoms with Gasteiger partial charge in [-0.25, -0.2) is 0 Å². The summed E-state index contributed by atoms with van der Waals surface area (Å²) in [6, 6.07) is 10.3. The van der Waals surface area contributed by atoms with Crippen LogP contribution in [0.3, 0.4) is 0 Å². The van der Waals surface area contributed by atoms with Crippen molar-refractivity contribution >= 4 is 5.91 Å². The van der Waals surface area contributed by atoms with Gasteiger partial charge in [0.05, 0.1) is 0 Å². The van der Waals surface area contributed by atoms with Crippen LogP contribution in [0.4, 0.5) is 0 Å². The minimum Gasteiger partial charge on any atom is -0.345 e. The number of carbonyl (C=O) groups is 1. The summed E-state index contributed by atoms with van der Waals surface area (Å²) < 4.78 is 0. The summed E-state index contributed by atoms with van der Waals surface area (Å²) in [4.78, 5) is 13.5. The molecule has 0 bridgehead atoms. The normalized spacial score (nSPS) is 12.2. The number of rotatable bonds is 6. The average molecular weight is 234 g/mol. The molecule has 0 fully saturated rings. The van der Waals surface area contributed by atoms with Crippen molar-refractivity contribution in [1.82, 2.24) is 4.90 Å². The number of amides is 1. The number of hydrogen-bond acceptors (Lipinski definition) is 2. The lowest BCUT2D eigenvalue weighted by Crippen LogP contribution is -2.30. The van der Waals surface area contributed by atoms with Gasteiger partial charge in [-0.1, -0.05) is 30.3 Å². The summed E-state index contributed by atoms with van der Waals surface area (Å²) in [6.45, 7) is 2.69. The van der Waals surface area contributed by atoms with E-state index < -0.39 is 0 Å². The van der Waals surface area contributed by atoms with Crippen LogP contribution in [0.15, 0.2) is 30.3 Å². The third kappa shape index (κ3) is 5.50. The number of nitrogens with zero attached hydrogens (tertiary/aromatic N) is 1. The molecule has 1 rings (SSSR count). The minimum absolute atomic E-state index is 0.0986. The maximum atomic E-state index is 11.7. The average Bonchev–Trinajstić information content (AvgIpc) is 2.34. The monoisotopic (exact) mass is 234 g/mol. The number of hydrogen-bond donors (Lipinski definition) is 1. The molecule has 3 heteroatoms. The number of benzene rings is 1. The molecule has 0 aliphatic carbocycles. The predicted molar refractivity (Wildman–Crippen MR) is 70.7 cm³/mol. The lowest BCUT2D eigenvalue weighted by Gasteiger charge is -2.17. The summed E-state index contributed by atoms with van der Waals surface area (Å²) in [6.07, 6.45) is 2.21. The molecule has 0 aliphatic rings. The summed E-state index contributed by atoms with van der Waals surface area (Å²) in [5.41, 5.74) is 6.90. The van der Waals surface area contributed by atoms with Crippen LogP contribution in [0.1, 0.15) is 25.3 Å². The Morgan fingerprint density at radius 3 is 2.59 bits per heavy atom. The fraction of sp³-hybridized carbons (Fsp3) is 0.500. The van der Waals surface area contributed by atoms with Gasteiger partial charge < -0.3 is 10.6 Å². The zero-order valence-corrected chi connectivity index (χ0v) is 10.7. The Bertz CT molecular complexity index is 335. The molecular formula is C14H22N2O. The van der Waals surface area contributed by atoms with Crippen molar-refractivity contribution in [1.29, 1.82) is 0 Å². The molecule has 0 aromatic heterocycles. The standard InChI is InChI=1S/C14H22N2O/c1-12(15)8-9-14(17)16(2)11-10-13-6-4-3-5-7-13/h3-7,12H,8-11,15H2,1-2H3. The van der Waals surface area contributed by atoms with E-state index in [1.807, 2.05) is 32.2 Å². The molecule has 0 spiro atoms. The zero-order valence-electron chi connectivity index (χ0n) is 10.7. The molecule has 1 amide bonds. The van der Waals surface area contributed by atoms with Crippen LogP contribution >= 0.6 is 0 Å². The Morgan fingerprint density at radius 1 is 1.35 bits per heavy atom. The molecule has 1 atom stereocenters. The van der Waals surface area contributed by atoms with E-state index in [2.05, 4.69) is 12.1 Å². The van der Waals surface area contributed by atoms with Gasteiger partial charge in [0, 0.05) is 26.1 Å². The second-order valence-electron chi connectivity index (χ2n) is 4.57. The summed E-state index contributed by atoms with van der Waals surface area (Å²) >= 11 is 0. The smallest absolute Gasteiger partial charge is 0.222 e. The van der Waals surface area contributed by atoms with Crippen molar-refractivity contribution in [2.75, 3.05) is 13.6 Å². The third-order valence-electron chi connectivity index (χ3n) is 2.82. The minimum atomic E-state index is 0.0986. The Morgan fingerprint density at radius 2 is 2.00 bits per heavy atom. The highest BCUT2D eigenvalue weighted by Crippen LogP contribution is 2.03. The van der Waals surface area contributed by atoms with Crippen molar-refractivity contribution < 1.29 is 4.79 Å². The Balaban J connectivity index is 2.29. The topological polar surface area (TPSA) is 46.3 Å². The Hall–Kier alpha value is -1.35. The highest BCUT2D eigenvalue weighted by molar-refractivity contribution is 5.75. The SMILES string of the molecule is CC(N)CCC(=O)N(C)CCc1ccccc1. The van der Waals surface area contributed by atoms with Crippen molar-refractivity contribution in [3.8, 4) is 0 Å². The van der Waals surface area contributed by atoms with E-state index in [9.17, 15) is 4.79 Å². The number of likely N-dealkylation sites (N-methyl/N-ethyl adjacent to an activating group) is 1. The highest BCUT2D eigenvalue weighted by atomic mass is 16.2. The Labute approximate surface area is 104 Å². The molecule has 17 heavy (non-hydrogen) atoms. The largest absolute Gasteiger partial charge is 0.345 e. The van der Waals surface area contributed by atoms with Gasteiger partial charge in [0.1, 0.15) is 0 Å². The lowest BCUT2D eigenvalue weighted by atomic mass is 10.1. The zero-order chi connectivity index (χ0) is 12.7. The molecule has 2 N–H and O–H groups in total. The van der Waals surface area contributed by atoms with Crippen molar-refractivity contribution in [2.45, 2.75) is 32.2 Å². The van der Waals surface area contributed by atoms with Crippen LogP contribution in [0, 0.1) is 0 Å². The molecule has 94 valence electrons. The first kappa shape index (κ1) is 13.7. The van der Waals surface area contributed by atoms with Crippen LogP contribution in [0.25, 0.3) is 0 Å². The first-order chi connectivity index (χ1) is 8.09. The molecule has 1 aromatic carbocycles. The molecule has 0 saturated heterocycles. The van der Waals surface area contributed by atoms with Crippen LogP contribution < -0.4 is 5.73 Å². The summed E-state index contributed by atoms with van der Waals surface area (Å²) in [7, 11) is 1.85. The van der Waals surface area contributed by atoms with Crippen molar-refractivity contribution in [3.05, 3.63) is 35.9 Å². The quantitative estimate of drug-likeness (QED) is 0.816. The third-order valence-corrected chi connectivity index (χ3v) is 2.82. The van der Waals surface area contributed by atoms with E-state index in [4.69, 9.17) is 5.73 Å². The molecule has 0 heterocycles. The highest BCUT2D eigenvalue weighted by Gasteiger charge is 2.09. The van der Waals surface area contributed by atoms with Crippen LogP contribution in [0.2, 0.25) is 0 Å². The van der Waals surface area contributed by atoms with E-state index in [1.165, 1.54) is 5.56 Å². The fourth-order valence-corrected chi connectivity index (χ4v) is 1.61. The first-order valence-electron chi connectivity index (χ1n) is 6.13. The van der Waals surface area contributed by atoms with Crippen LogP contribution in [-0.2, 0) is 11.2 Å². The predicted octanol–water partition coefficient (Wildman–Crippen LogP) is 1.81. The maximum Gasteiger partial charge on any atom is 0.222 e. The van der Waals surface area contributed by atoms with E-state index in [-0.39, 0.29) is 11.9 Å². The second-order valence-corrected chi connectivity index (χ2v) is 4.57. The molecular weight excluding hydrogens is 212 g/mol. The second kappa shape index (κ2) is 7.07. The molecule has 3 nitrogen and oxygen atoms in total. The Kier molecular flexibility index (Phi) is 5.70. The van der Waals surface area contributed by atoms with E-state index >= 15 is 0 Å². The number of nitrogens with two attached hydrogens (primary N) is 1. The van der Waals surface area contributed by atoms with E-state index in [1.54, 1.807) is 4.90 Å². The van der Waals surface area contributed by atoms with Gasteiger partial charge >= 0.3 is 0 Å². The van der Waals surface area contributed by atoms with Crippen molar-refractivity contribution in [3.63, 3.8) is 0 Å². The van der Waals surface area contributed by atoms with Gasteiger partial charge in [-0.05, 0) is 25.3 Å². The molecule has 1 aromatic rings. The van der Waals surface area contributed by atoms with Gasteiger partial charge in [-0.3, -0.25) is 4.79 Å². The van der Waals surface area contributed by atoms with E-state index in [0.717, 1.165) is 19.4 Å². The van der Waals surface area contributed by atoms with Gasteiger partial charge in [-0.2, -0.15) is 0 Å². The lowest BCUT2D eigenvalue weighted by molar-refractivity contribution is -0.130. The van der Waals surface area contributed by atoms with Crippen molar-refractivity contribution in [2.24, 2.45) is 5.73 Å². The molecule has 0 aliphatic heterocycles. The first-order valence-corrected chi connectivity index (χ1v) is 6.13. The molecule has 1 unspecified atom stereocenters. The molecule has 0 radical (unpaired) electrons. The van der Waals surface area contributed by atoms with Crippen LogP contribution in [0.5, 0.6) is 0 Å². The molecule has 0 saturated carbocycles. The van der Waals surface area contributed by atoms with Gasteiger partial charge in [0.2, 0.25) is 5.91 Å². The van der Waals surface area contributed by atoms with Gasteiger partial charge in [0.25, 0.3) is 0 Å². The van der Waals surface area contributed by atoms with Gasteiger partial charge in [-0.15, -0.1) is 0 Å². The van der Waals surface area contributed by atoms with Gasteiger partial charge in [0.15, 0.2) is 0 Å². The summed E-state index contributed by atoms with van der Waals surface area (Å²) in [5.74, 6) is 0.179. The maximum absolute atomic E-state index is 11.7. The fourth-order valence-electron chi connectivity index (χ4n) is 1.61.